The van der Waals surface area contributed by atoms with E-state index in [9.17, 15) is 13.6 Å². The second kappa shape index (κ2) is 7.52. The highest BCUT2D eigenvalue weighted by Gasteiger charge is 2.43. The summed E-state index contributed by atoms with van der Waals surface area (Å²) in [6, 6.07) is 5.86. The summed E-state index contributed by atoms with van der Waals surface area (Å²) in [6.45, 7) is 1.47. The van der Waals surface area contributed by atoms with Crippen molar-refractivity contribution in [2.45, 2.75) is 24.9 Å². The molecule has 5 rings (SSSR count). The molecule has 4 heterocycles. The Morgan fingerprint density at radius 2 is 2.03 bits per heavy atom. The fourth-order valence-electron chi connectivity index (χ4n) is 4.26. The molecule has 0 aliphatic carbocycles. The van der Waals surface area contributed by atoms with Gasteiger partial charge >= 0.3 is 0 Å². The summed E-state index contributed by atoms with van der Waals surface area (Å²) >= 11 is 1.66. The molecule has 1 spiro atoms. The molecule has 1 amide bonds. The van der Waals surface area contributed by atoms with E-state index in [1.54, 1.807) is 34.8 Å². The van der Waals surface area contributed by atoms with Crippen LogP contribution in [0.5, 0.6) is 0 Å². The van der Waals surface area contributed by atoms with E-state index in [0.717, 1.165) is 23.1 Å². The summed E-state index contributed by atoms with van der Waals surface area (Å²) in [5.74, 6) is -2.58. The number of aromatic nitrogens is 2. The first-order valence-electron chi connectivity index (χ1n) is 9.84. The molecule has 3 aromatic rings. The Hall–Kier alpha value is -2.71. The van der Waals surface area contributed by atoms with Crippen molar-refractivity contribution in [2.75, 3.05) is 19.7 Å². The minimum Gasteiger partial charge on any atom is -0.369 e. The second-order valence-electron chi connectivity index (χ2n) is 7.54. The number of rotatable bonds is 2. The zero-order valence-corrected chi connectivity index (χ0v) is 16.9. The number of carbonyl (C=O) groups is 1. The maximum Gasteiger partial charge on any atom is 0.256 e. The van der Waals surface area contributed by atoms with Crippen LogP contribution in [0.3, 0.4) is 0 Å². The molecule has 2 aliphatic heterocycles. The van der Waals surface area contributed by atoms with E-state index >= 15 is 0 Å². The molecule has 0 unspecified atom stereocenters. The standard InChI is InChI=1S/C22H19F2N3O2S/c23-16-3-1-2-15(19(16)24)21(28)27-9-5-22(6-10-27)20-14(4-11-29-22)12-18(30-20)17-13-25-7-8-26-17/h1-3,7-8,12-13H,4-6,9-11H2. The van der Waals surface area contributed by atoms with Crippen LogP contribution in [0.25, 0.3) is 10.6 Å². The molecule has 30 heavy (non-hydrogen) atoms. The van der Waals surface area contributed by atoms with Gasteiger partial charge in [0.25, 0.3) is 5.91 Å². The van der Waals surface area contributed by atoms with Crippen molar-refractivity contribution in [3.63, 3.8) is 0 Å². The fraction of sp³-hybridized carbons (Fsp3) is 0.318. The minimum absolute atomic E-state index is 0.225. The number of amides is 1. The number of nitrogens with zero attached hydrogens (tertiary/aromatic N) is 3. The molecule has 0 radical (unpaired) electrons. The number of ether oxygens (including phenoxy) is 1. The van der Waals surface area contributed by atoms with Crippen LogP contribution in [0, 0.1) is 11.6 Å². The van der Waals surface area contributed by atoms with Gasteiger partial charge in [-0.3, -0.25) is 14.8 Å². The smallest absolute Gasteiger partial charge is 0.256 e. The zero-order valence-electron chi connectivity index (χ0n) is 16.1. The summed E-state index contributed by atoms with van der Waals surface area (Å²) in [5, 5.41) is 0. The first-order chi connectivity index (χ1) is 14.6. The molecular formula is C22H19F2N3O2S. The van der Waals surface area contributed by atoms with Gasteiger partial charge in [-0.05, 0) is 43.0 Å². The molecular weight excluding hydrogens is 408 g/mol. The van der Waals surface area contributed by atoms with Gasteiger partial charge in [0, 0.05) is 30.4 Å². The summed E-state index contributed by atoms with van der Waals surface area (Å²) in [5.41, 5.74) is 1.41. The van der Waals surface area contributed by atoms with Gasteiger partial charge in [0.2, 0.25) is 0 Å². The van der Waals surface area contributed by atoms with Crippen LogP contribution in [0.15, 0.2) is 42.9 Å². The van der Waals surface area contributed by atoms with E-state index in [1.807, 2.05) is 0 Å². The molecule has 154 valence electrons. The third-order valence-electron chi connectivity index (χ3n) is 5.83. The predicted molar refractivity (Wildman–Crippen MR) is 108 cm³/mol. The molecule has 1 saturated heterocycles. The van der Waals surface area contributed by atoms with Crippen molar-refractivity contribution in [3.05, 3.63) is 70.5 Å². The number of piperidine rings is 1. The number of hydrogen-bond donors (Lipinski definition) is 0. The number of carbonyl (C=O) groups excluding carboxylic acids is 1. The zero-order chi connectivity index (χ0) is 20.7. The topological polar surface area (TPSA) is 55.3 Å². The Balaban J connectivity index is 1.38. The lowest BCUT2D eigenvalue weighted by Crippen LogP contribution is -2.48. The first-order valence-corrected chi connectivity index (χ1v) is 10.7. The molecule has 0 saturated carbocycles. The lowest BCUT2D eigenvalue weighted by atomic mass is 9.85. The largest absolute Gasteiger partial charge is 0.369 e. The maximum atomic E-state index is 14.1. The average molecular weight is 427 g/mol. The molecule has 1 aromatic carbocycles. The third-order valence-corrected chi connectivity index (χ3v) is 7.21. The average Bonchev–Trinajstić information content (AvgIpc) is 3.23. The predicted octanol–water partition coefficient (Wildman–Crippen LogP) is 4.19. The molecule has 2 aromatic heterocycles. The molecule has 8 heteroatoms. The number of benzene rings is 1. The Labute approximate surface area is 176 Å². The number of thiophene rings is 1. The van der Waals surface area contributed by atoms with E-state index in [2.05, 4.69) is 16.0 Å². The molecule has 0 bridgehead atoms. The van der Waals surface area contributed by atoms with Crippen LogP contribution in [0.4, 0.5) is 8.78 Å². The highest BCUT2D eigenvalue weighted by Crippen LogP contribution is 2.47. The van der Waals surface area contributed by atoms with Crippen LogP contribution in [0.1, 0.15) is 33.6 Å². The number of likely N-dealkylation sites (tertiary alicyclic amines) is 1. The van der Waals surface area contributed by atoms with Gasteiger partial charge in [0.1, 0.15) is 5.60 Å². The highest BCUT2D eigenvalue weighted by atomic mass is 32.1. The van der Waals surface area contributed by atoms with E-state index in [1.165, 1.54) is 22.6 Å². The van der Waals surface area contributed by atoms with Crippen molar-refractivity contribution in [3.8, 4) is 10.6 Å². The van der Waals surface area contributed by atoms with Gasteiger partial charge in [-0.15, -0.1) is 11.3 Å². The molecule has 1 fully saturated rings. The van der Waals surface area contributed by atoms with Crippen molar-refractivity contribution in [1.82, 2.24) is 14.9 Å². The van der Waals surface area contributed by atoms with E-state index in [4.69, 9.17) is 4.74 Å². The van der Waals surface area contributed by atoms with Crippen molar-refractivity contribution in [1.29, 1.82) is 0 Å². The van der Waals surface area contributed by atoms with Crippen LogP contribution >= 0.6 is 11.3 Å². The quantitative estimate of drug-likeness (QED) is 0.616. The Kier molecular flexibility index (Phi) is 4.83. The lowest BCUT2D eigenvalue weighted by molar-refractivity contribution is -0.0906. The summed E-state index contributed by atoms with van der Waals surface area (Å²) in [4.78, 5) is 25.1. The summed E-state index contributed by atoms with van der Waals surface area (Å²) in [7, 11) is 0. The number of halogens is 2. The molecule has 2 aliphatic rings. The van der Waals surface area contributed by atoms with Gasteiger partial charge in [-0.1, -0.05) is 6.07 Å². The van der Waals surface area contributed by atoms with Crippen molar-refractivity contribution in [2.24, 2.45) is 0 Å². The fourth-order valence-corrected chi connectivity index (χ4v) is 5.63. The van der Waals surface area contributed by atoms with Gasteiger partial charge in [-0.2, -0.15) is 0 Å². The SMILES string of the molecule is O=C(c1cccc(F)c1F)N1CCC2(CC1)OCCc1cc(-c3cnccn3)sc12. The van der Waals surface area contributed by atoms with Crippen molar-refractivity contribution >= 4 is 17.2 Å². The Morgan fingerprint density at radius 3 is 2.80 bits per heavy atom. The second-order valence-corrected chi connectivity index (χ2v) is 8.59. The van der Waals surface area contributed by atoms with Crippen LogP contribution < -0.4 is 0 Å². The monoisotopic (exact) mass is 427 g/mol. The van der Waals surface area contributed by atoms with Crippen LogP contribution in [0.2, 0.25) is 0 Å². The van der Waals surface area contributed by atoms with Crippen LogP contribution in [-0.4, -0.2) is 40.5 Å². The van der Waals surface area contributed by atoms with E-state index < -0.39 is 23.1 Å². The normalized spacial score (nSPS) is 17.7. The molecule has 0 atom stereocenters. The van der Waals surface area contributed by atoms with Gasteiger partial charge < -0.3 is 9.64 Å². The van der Waals surface area contributed by atoms with Crippen LogP contribution in [-0.2, 0) is 16.8 Å². The summed E-state index contributed by atoms with van der Waals surface area (Å²) in [6.07, 6.45) is 7.14. The van der Waals surface area contributed by atoms with Gasteiger partial charge in [-0.25, -0.2) is 8.78 Å². The summed E-state index contributed by atoms with van der Waals surface area (Å²) < 4.78 is 33.8. The van der Waals surface area contributed by atoms with Crippen molar-refractivity contribution < 1.29 is 18.3 Å². The molecule has 0 N–H and O–H groups in total. The maximum absolute atomic E-state index is 14.1. The van der Waals surface area contributed by atoms with E-state index in [0.29, 0.717) is 32.5 Å². The van der Waals surface area contributed by atoms with Gasteiger partial charge in [0.15, 0.2) is 11.6 Å². The highest BCUT2D eigenvalue weighted by molar-refractivity contribution is 7.15. The lowest BCUT2D eigenvalue weighted by Gasteiger charge is -2.43. The minimum atomic E-state index is -1.09. The number of fused-ring (bicyclic) bond motifs is 2. The number of hydrogen-bond acceptors (Lipinski definition) is 5. The Bertz CT molecular complexity index is 1100. The van der Waals surface area contributed by atoms with E-state index in [-0.39, 0.29) is 5.56 Å². The third kappa shape index (κ3) is 3.20. The molecule has 5 nitrogen and oxygen atoms in total. The van der Waals surface area contributed by atoms with Gasteiger partial charge in [0.05, 0.1) is 28.9 Å². The first kappa shape index (κ1) is 19.3. The Morgan fingerprint density at radius 1 is 1.20 bits per heavy atom.